The van der Waals surface area contributed by atoms with Crippen LogP contribution >= 0.6 is 0 Å². The highest BCUT2D eigenvalue weighted by Crippen LogP contribution is 2.26. The fraction of sp³-hybridized carbons (Fsp3) is 0.381. The van der Waals surface area contributed by atoms with Crippen molar-refractivity contribution in [3.63, 3.8) is 0 Å². The van der Waals surface area contributed by atoms with E-state index in [-0.39, 0.29) is 18.9 Å². The van der Waals surface area contributed by atoms with Gasteiger partial charge in [-0.05, 0) is 51.5 Å². The summed E-state index contributed by atoms with van der Waals surface area (Å²) in [4.78, 5) is 41.8. The number of aromatic amines is 1. The molecule has 28 heavy (non-hydrogen) atoms. The molecule has 0 fully saturated rings. The second-order valence-corrected chi connectivity index (χ2v) is 6.26. The molecule has 0 aliphatic rings. The fourth-order valence-electron chi connectivity index (χ4n) is 2.76. The lowest BCUT2D eigenvalue weighted by Gasteiger charge is -2.29. The number of carbonyl (C=O) groups is 3. The molecule has 0 atom stereocenters. The van der Waals surface area contributed by atoms with Gasteiger partial charge in [0.2, 0.25) is 0 Å². The number of ether oxygens (including phenoxy) is 2. The van der Waals surface area contributed by atoms with E-state index in [2.05, 4.69) is 10.3 Å². The molecule has 7 heteroatoms. The Morgan fingerprint density at radius 1 is 0.929 bits per heavy atom. The molecular weight excluding hydrogens is 360 g/mol. The first-order valence-corrected chi connectivity index (χ1v) is 9.30. The maximum atomic E-state index is 12.9. The molecule has 1 aromatic heterocycles. The average Bonchev–Trinajstić information content (AvgIpc) is 3.16. The summed E-state index contributed by atoms with van der Waals surface area (Å²) in [6.45, 7) is 7.17. The molecule has 0 saturated heterocycles. The van der Waals surface area contributed by atoms with Gasteiger partial charge in [0.05, 0.1) is 18.9 Å². The number of aromatic nitrogens is 1. The van der Waals surface area contributed by atoms with Gasteiger partial charge in [-0.3, -0.25) is 4.79 Å². The van der Waals surface area contributed by atoms with Crippen molar-refractivity contribution < 1.29 is 23.9 Å². The minimum Gasteiger partial charge on any atom is -0.463 e. The zero-order valence-corrected chi connectivity index (χ0v) is 16.6. The predicted octanol–water partition coefficient (Wildman–Crippen LogP) is 2.64. The highest BCUT2D eigenvalue weighted by Gasteiger charge is 2.53. The van der Waals surface area contributed by atoms with E-state index < -0.39 is 23.4 Å². The quantitative estimate of drug-likeness (QED) is 0.537. The molecule has 0 radical (unpaired) electrons. The summed E-state index contributed by atoms with van der Waals surface area (Å²) in [5.74, 6) is -2.40. The van der Waals surface area contributed by atoms with Crippen LogP contribution in [0.5, 0.6) is 0 Å². The van der Waals surface area contributed by atoms with Crippen LogP contribution in [0.25, 0.3) is 0 Å². The van der Waals surface area contributed by atoms with E-state index in [1.807, 2.05) is 13.8 Å². The van der Waals surface area contributed by atoms with Crippen LogP contribution in [0.15, 0.2) is 36.4 Å². The third kappa shape index (κ3) is 4.24. The summed E-state index contributed by atoms with van der Waals surface area (Å²) in [5.41, 5.74) is 0.169. The summed E-state index contributed by atoms with van der Waals surface area (Å²) in [6.07, 6.45) is 0.660. The SMILES string of the molecule is CCOC(=O)C(NC(=O)c1ccc(C)cc1)(C(=O)OCC)c1ccc(CC)[nH]1. The summed E-state index contributed by atoms with van der Waals surface area (Å²) < 4.78 is 10.3. The van der Waals surface area contributed by atoms with Gasteiger partial charge in [-0.15, -0.1) is 0 Å². The standard InChI is InChI=1S/C21H26N2O5/c1-5-16-12-13-17(22-16)21(19(25)27-6-2,20(26)28-7-3)23-18(24)15-10-8-14(4)9-11-15/h8-13,22H,5-7H2,1-4H3,(H,23,24). The summed E-state index contributed by atoms with van der Waals surface area (Å²) in [6, 6.07) is 10.1. The number of esters is 2. The first-order chi connectivity index (χ1) is 13.4. The Morgan fingerprint density at radius 2 is 1.50 bits per heavy atom. The van der Waals surface area contributed by atoms with Crippen LogP contribution in [0.4, 0.5) is 0 Å². The topological polar surface area (TPSA) is 97.5 Å². The third-order valence-corrected chi connectivity index (χ3v) is 4.31. The second kappa shape index (κ2) is 9.21. The number of rotatable bonds is 8. The Bertz CT molecular complexity index is 821. The number of carbonyl (C=O) groups excluding carboxylic acids is 3. The van der Waals surface area contributed by atoms with E-state index in [4.69, 9.17) is 9.47 Å². The molecule has 7 nitrogen and oxygen atoms in total. The Balaban J connectivity index is 2.56. The summed E-state index contributed by atoms with van der Waals surface area (Å²) in [7, 11) is 0. The van der Waals surface area contributed by atoms with Crippen molar-refractivity contribution in [2.45, 2.75) is 39.7 Å². The largest absolute Gasteiger partial charge is 0.463 e. The number of H-pyrrole nitrogens is 1. The number of benzene rings is 1. The lowest BCUT2D eigenvalue weighted by atomic mass is 9.94. The highest BCUT2D eigenvalue weighted by molar-refractivity contribution is 6.10. The molecule has 1 aromatic carbocycles. The molecule has 2 rings (SSSR count). The molecule has 0 bridgehead atoms. The summed E-state index contributed by atoms with van der Waals surface area (Å²) in [5, 5.41) is 2.57. The van der Waals surface area contributed by atoms with E-state index >= 15 is 0 Å². The first kappa shape index (κ1) is 21.2. The smallest absolute Gasteiger partial charge is 0.350 e. The summed E-state index contributed by atoms with van der Waals surface area (Å²) >= 11 is 0. The number of nitrogens with one attached hydrogen (secondary N) is 2. The number of amides is 1. The van der Waals surface area contributed by atoms with Gasteiger partial charge in [0.1, 0.15) is 0 Å². The van der Waals surface area contributed by atoms with E-state index in [0.29, 0.717) is 12.0 Å². The molecule has 0 spiro atoms. The van der Waals surface area contributed by atoms with E-state index in [1.165, 1.54) is 0 Å². The van der Waals surface area contributed by atoms with Crippen molar-refractivity contribution in [1.29, 1.82) is 0 Å². The van der Waals surface area contributed by atoms with E-state index in [1.54, 1.807) is 50.2 Å². The number of aryl methyl sites for hydroxylation is 2. The Kier molecular flexibility index (Phi) is 6.98. The Morgan fingerprint density at radius 3 is 1.96 bits per heavy atom. The van der Waals surface area contributed by atoms with Crippen LogP contribution in [-0.4, -0.2) is 36.0 Å². The van der Waals surface area contributed by atoms with Crippen molar-refractivity contribution in [1.82, 2.24) is 10.3 Å². The zero-order valence-electron chi connectivity index (χ0n) is 16.6. The molecule has 0 saturated carbocycles. The Labute approximate surface area is 164 Å². The molecule has 0 unspecified atom stereocenters. The molecule has 2 aromatic rings. The normalized spacial score (nSPS) is 11.0. The van der Waals surface area contributed by atoms with Gasteiger partial charge in [-0.1, -0.05) is 24.6 Å². The van der Waals surface area contributed by atoms with Gasteiger partial charge in [-0.25, -0.2) is 9.59 Å². The predicted molar refractivity (Wildman–Crippen MR) is 104 cm³/mol. The van der Waals surface area contributed by atoms with Crippen molar-refractivity contribution >= 4 is 17.8 Å². The molecule has 150 valence electrons. The van der Waals surface area contributed by atoms with Gasteiger partial charge in [-0.2, -0.15) is 0 Å². The minimum absolute atomic E-state index is 0.0434. The highest BCUT2D eigenvalue weighted by atomic mass is 16.6. The molecular formula is C21H26N2O5. The number of hydrogen-bond donors (Lipinski definition) is 2. The van der Waals surface area contributed by atoms with Crippen LogP contribution in [0.3, 0.4) is 0 Å². The minimum atomic E-state index is -2.12. The van der Waals surface area contributed by atoms with E-state index in [0.717, 1.165) is 11.3 Å². The van der Waals surface area contributed by atoms with Gasteiger partial charge >= 0.3 is 11.9 Å². The lowest BCUT2D eigenvalue weighted by molar-refractivity contribution is -0.166. The van der Waals surface area contributed by atoms with E-state index in [9.17, 15) is 14.4 Å². The lowest BCUT2D eigenvalue weighted by Crippen LogP contribution is -2.59. The first-order valence-electron chi connectivity index (χ1n) is 9.30. The average molecular weight is 386 g/mol. The fourth-order valence-corrected chi connectivity index (χ4v) is 2.76. The monoisotopic (exact) mass is 386 g/mol. The van der Waals surface area contributed by atoms with Crippen LogP contribution in [0.1, 0.15) is 48.1 Å². The van der Waals surface area contributed by atoms with Gasteiger partial charge < -0.3 is 19.8 Å². The van der Waals surface area contributed by atoms with Crippen LogP contribution in [0, 0.1) is 6.92 Å². The zero-order chi connectivity index (χ0) is 20.7. The molecule has 1 heterocycles. The Hall–Kier alpha value is -3.09. The third-order valence-electron chi connectivity index (χ3n) is 4.31. The maximum absolute atomic E-state index is 12.9. The second-order valence-electron chi connectivity index (χ2n) is 6.26. The van der Waals surface area contributed by atoms with Crippen LogP contribution in [-0.2, 0) is 31.0 Å². The van der Waals surface area contributed by atoms with Crippen LogP contribution < -0.4 is 5.32 Å². The van der Waals surface area contributed by atoms with Crippen LogP contribution in [0.2, 0.25) is 0 Å². The molecule has 1 amide bonds. The molecule has 0 aliphatic heterocycles. The molecule has 2 N–H and O–H groups in total. The maximum Gasteiger partial charge on any atom is 0.350 e. The molecule has 0 aliphatic carbocycles. The van der Waals surface area contributed by atoms with Crippen molar-refractivity contribution in [3.05, 3.63) is 58.9 Å². The van der Waals surface area contributed by atoms with Crippen molar-refractivity contribution in [3.8, 4) is 0 Å². The van der Waals surface area contributed by atoms with Crippen molar-refractivity contribution in [2.75, 3.05) is 13.2 Å². The van der Waals surface area contributed by atoms with Gasteiger partial charge in [0, 0.05) is 11.3 Å². The van der Waals surface area contributed by atoms with Crippen molar-refractivity contribution in [2.24, 2.45) is 0 Å². The number of hydrogen-bond acceptors (Lipinski definition) is 5. The van der Waals surface area contributed by atoms with Gasteiger partial charge in [0.25, 0.3) is 11.4 Å². The van der Waals surface area contributed by atoms with Gasteiger partial charge in [0.15, 0.2) is 0 Å².